The van der Waals surface area contributed by atoms with Gasteiger partial charge in [0, 0.05) is 18.2 Å². The first-order chi connectivity index (χ1) is 16.6. The fourth-order valence-electron chi connectivity index (χ4n) is 3.97. The minimum absolute atomic E-state index is 0.291. The largest absolute Gasteiger partial charge is 0.489 e. The fourth-order valence-corrected chi connectivity index (χ4v) is 3.97. The van der Waals surface area contributed by atoms with Crippen molar-refractivity contribution in [1.82, 2.24) is 0 Å². The average molecular weight is 461 g/mol. The predicted molar refractivity (Wildman–Crippen MR) is 143 cm³/mol. The molecule has 0 fully saturated rings. The van der Waals surface area contributed by atoms with Crippen LogP contribution in [0.5, 0.6) is 5.75 Å². The van der Waals surface area contributed by atoms with Crippen LogP contribution >= 0.6 is 0 Å². The highest BCUT2D eigenvalue weighted by atomic mass is 19.1. The predicted octanol–water partition coefficient (Wildman–Crippen LogP) is 8.99. The van der Waals surface area contributed by atoms with E-state index in [4.69, 9.17) is 9.47 Å². The monoisotopic (exact) mass is 460 g/mol. The summed E-state index contributed by atoms with van der Waals surface area (Å²) in [5.74, 6) is 0.216. The van der Waals surface area contributed by atoms with Crippen molar-refractivity contribution in [1.29, 1.82) is 0 Å². The maximum absolute atomic E-state index is 14.6. The van der Waals surface area contributed by atoms with Crippen molar-refractivity contribution >= 4 is 16.8 Å². The number of hydrogen-bond acceptors (Lipinski definition) is 2. The smallest absolute Gasteiger partial charge is 0.134 e. The van der Waals surface area contributed by atoms with Crippen molar-refractivity contribution in [2.45, 2.75) is 58.5 Å². The van der Waals surface area contributed by atoms with Crippen LogP contribution < -0.4 is 4.74 Å². The van der Waals surface area contributed by atoms with E-state index in [1.807, 2.05) is 12.1 Å². The maximum atomic E-state index is 14.6. The molecule has 3 aromatic rings. The van der Waals surface area contributed by atoms with Gasteiger partial charge in [0.05, 0.1) is 6.10 Å². The Bertz CT molecular complexity index is 1090. The molecule has 34 heavy (non-hydrogen) atoms. The number of fused-ring (bicyclic) bond motifs is 1. The van der Waals surface area contributed by atoms with Crippen LogP contribution in [0.4, 0.5) is 4.39 Å². The summed E-state index contributed by atoms with van der Waals surface area (Å²) in [5.41, 5.74) is 2.61. The van der Waals surface area contributed by atoms with E-state index in [-0.39, 0.29) is 5.82 Å². The Morgan fingerprint density at radius 1 is 0.971 bits per heavy atom. The molecule has 180 valence electrons. The van der Waals surface area contributed by atoms with Gasteiger partial charge >= 0.3 is 0 Å². The van der Waals surface area contributed by atoms with E-state index in [1.54, 1.807) is 18.2 Å². The summed E-state index contributed by atoms with van der Waals surface area (Å²) in [4.78, 5) is 0. The normalized spacial score (nSPS) is 12.3. The third kappa shape index (κ3) is 7.85. The molecule has 3 rings (SSSR count). The van der Waals surface area contributed by atoms with E-state index in [2.05, 4.69) is 56.8 Å². The molecule has 0 aliphatic heterocycles. The molecule has 2 nitrogen and oxygen atoms in total. The lowest BCUT2D eigenvalue weighted by Crippen LogP contribution is -2.08. The van der Waals surface area contributed by atoms with Gasteiger partial charge in [-0.05, 0) is 78.8 Å². The number of allylic oxidation sites excluding steroid dienone is 1. The van der Waals surface area contributed by atoms with Gasteiger partial charge in [-0.2, -0.15) is 0 Å². The molecule has 0 aliphatic rings. The topological polar surface area (TPSA) is 18.5 Å². The molecule has 1 unspecified atom stereocenters. The van der Waals surface area contributed by atoms with E-state index >= 15 is 0 Å². The molecule has 0 saturated carbocycles. The Kier molecular flexibility index (Phi) is 10.4. The summed E-state index contributed by atoms with van der Waals surface area (Å²) in [7, 11) is 0. The molecule has 0 radical (unpaired) electrons. The average Bonchev–Trinajstić information content (AvgIpc) is 2.85. The number of hydrogen-bond donors (Lipinski definition) is 0. The fraction of sp³-hybridized carbons (Fsp3) is 0.355. The molecule has 3 heteroatoms. The van der Waals surface area contributed by atoms with E-state index in [0.29, 0.717) is 24.0 Å². The zero-order valence-corrected chi connectivity index (χ0v) is 20.6. The third-order valence-electron chi connectivity index (χ3n) is 5.93. The molecule has 0 spiro atoms. The molecule has 0 aliphatic carbocycles. The molecular formula is C31H37FO2. The first-order valence-corrected chi connectivity index (χ1v) is 12.5. The Morgan fingerprint density at radius 3 is 2.59 bits per heavy atom. The van der Waals surface area contributed by atoms with Gasteiger partial charge in [-0.25, -0.2) is 4.39 Å². The zero-order valence-electron chi connectivity index (χ0n) is 20.6. The summed E-state index contributed by atoms with van der Waals surface area (Å²) < 4.78 is 25.9. The van der Waals surface area contributed by atoms with Gasteiger partial charge in [-0.3, -0.25) is 0 Å². The summed E-state index contributed by atoms with van der Waals surface area (Å²) in [5, 5.41) is 2.24. The quantitative estimate of drug-likeness (QED) is 0.176. The number of unbranched alkanes of at least 4 members (excludes halogenated alkanes) is 3. The maximum Gasteiger partial charge on any atom is 0.134 e. The molecule has 1 atom stereocenters. The lowest BCUT2D eigenvalue weighted by molar-refractivity contribution is 0.0566. The standard InChI is InChI=1S/C31H37FO2/c1-4-6-10-20-33-24(3)11-8-7-9-12-25-13-14-27-22-28(16-15-26(27)21-25)30-18-17-29(23-31(30)32)34-19-5-2/h5,9,12-18,21-24H,2,4,6-8,10-11,19-20H2,1,3H3. The van der Waals surface area contributed by atoms with Gasteiger partial charge in [-0.15, -0.1) is 0 Å². The SMILES string of the molecule is C=CCOc1ccc(-c2ccc3cc(C=CCCCC(C)OCCCCC)ccc3c2)c(F)c1. The van der Waals surface area contributed by atoms with E-state index in [1.165, 1.54) is 24.5 Å². The van der Waals surface area contributed by atoms with E-state index in [9.17, 15) is 4.39 Å². The number of ether oxygens (including phenoxy) is 2. The summed E-state index contributed by atoms with van der Waals surface area (Å²) >= 11 is 0. The van der Waals surface area contributed by atoms with Gasteiger partial charge in [0.1, 0.15) is 18.2 Å². The van der Waals surface area contributed by atoms with Crippen molar-refractivity contribution in [2.75, 3.05) is 13.2 Å². The molecule has 0 saturated heterocycles. The highest BCUT2D eigenvalue weighted by Crippen LogP contribution is 2.29. The van der Waals surface area contributed by atoms with Crippen molar-refractivity contribution in [2.24, 2.45) is 0 Å². The van der Waals surface area contributed by atoms with E-state index < -0.39 is 0 Å². The van der Waals surface area contributed by atoms with Gasteiger partial charge in [0.15, 0.2) is 0 Å². The summed E-state index contributed by atoms with van der Waals surface area (Å²) in [6.45, 7) is 9.24. The van der Waals surface area contributed by atoms with Crippen LogP contribution in [0, 0.1) is 5.82 Å². The van der Waals surface area contributed by atoms with Crippen LogP contribution in [0.2, 0.25) is 0 Å². The van der Waals surface area contributed by atoms with Crippen molar-refractivity contribution in [3.05, 3.63) is 84.7 Å². The molecule has 0 heterocycles. The van der Waals surface area contributed by atoms with Crippen LogP contribution in [-0.2, 0) is 4.74 Å². The first-order valence-electron chi connectivity index (χ1n) is 12.5. The lowest BCUT2D eigenvalue weighted by atomic mass is 9.99. The number of benzene rings is 3. The van der Waals surface area contributed by atoms with Gasteiger partial charge in [0.25, 0.3) is 0 Å². The summed E-state index contributed by atoms with van der Waals surface area (Å²) in [6, 6.07) is 17.4. The van der Waals surface area contributed by atoms with Gasteiger partial charge < -0.3 is 9.47 Å². The Morgan fingerprint density at radius 2 is 1.79 bits per heavy atom. The molecule has 3 aromatic carbocycles. The Hall–Kier alpha value is -2.91. The Balaban J connectivity index is 1.55. The van der Waals surface area contributed by atoms with Crippen molar-refractivity contribution < 1.29 is 13.9 Å². The van der Waals surface area contributed by atoms with Crippen LogP contribution in [0.1, 0.15) is 57.9 Å². The number of rotatable bonds is 14. The second-order valence-corrected chi connectivity index (χ2v) is 8.78. The lowest BCUT2D eigenvalue weighted by Gasteiger charge is -2.12. The minimum atomic E-state index is -0.291. The van der Waals surface area contributed by atoms with Crippen LogP contribution in [0.25, 0.3) is 28.0 Å². The number of halogens is 1. The van der Waals surface area contributed by atoms with Crippen LogP contribution in [0.15, 0.2) is 73.3 Å². The van der Waals surface area contributed by atoms with E-state index in [0.717, 1.165) is 48.6 Å². The highest BCUT2D eigenvalue weighted by molar-refractivity contribution is 5.89. The molecule has 0 amide bonds. The molecule has 0 N–H and O–H groups in total. The molecule has 0 bridgehead atoms. The molecule has 0 aromatic heterocycles. The van der Waals surface area contributed by atoms with Crippen molar-refractivity contribution in [3.8, 4) is 16.9 Å². The van der Waals surface area contributed by atoms with Gasteiger partial charge in [-0.1, -0.05) is 68.8 Å². The van der Waals surface area contributed by atoms with Crippen LogP contribution in [-0.4, -0.2) is 19.3 Å². The van der Waals surface area contributed by atoms with Crippen molar-refractivity contribution in [3.63, 3.8) is 0 Å². The summed E-state index contributed by atoms with van der Waals surface area (Å²) in [6.07, 6.45) is 13.3. The minimum Gasteiger partial charge on any atom is -0.489 e. The second-order valence-electron chi connectivity index (χ2n) is 8.78. The Labute approximate surface area is 204 Å². The second kappa shape index (κ2) is 13.7. The zero-order chi connectivity index (χ0) is 24.2. The van der Waals surface area contributed by atoms with Crippen LogP contribution in [0.3, 0.4) is 0 Å². The highest BCUT2D eigenvalue weighted by Gasteiger charge is 2.08. The third-order valence-corrected chi connectivity index (χ3v) is 5.93. The first kappa shape index (κ1) is 25.7. The molecular weight excluding hydrogens is 423 g/mol. The van der Waals surface area contributed by atoms with Gasteiger partial charge in [0.2, 0.25) is 0 Å².